The van der Waals surface area contributed by atoms with Gasteiger partial charge in [-0.3, -0.25) is 0 Å². The van der Waals surface area contributed by atoms with Gasteiger partial charge >= 0.3 is 29.6 Å². The molecule has 0 aromatic carbocycles. The van der Waals surface area contributed by atoms with Gasteiger partial charge in [-0.1, -0.05) is 0 Å². The van der Waals surface area contributed by atoms with Gasteiger partial charge < -0.3 is 18.8 Å². The van der Waals surface area contributed by atoms with E-state index in [0.29, 0.717) is 0 Å². The molecular weight excluding hydrogens is 163 g/mol. The van der Waals surface area contributed by atoms with E-state index in [-0.39, 0.29) is 29.6 Å². The molecule has 0 aliphatic carbocycles. The quantitative estimate of drug-likeness (QED) is 0.393. The predicted molar refractivity (Wildman–Crippen MR) is 28.6 cm³/mol. The summed E-state index contributed by atoms with van der Waals surface area (Å²) in [5.41, 5.74) is 0. The number of hydrogen-bond donors (Lipinski definition) is 0. The van der Waals surface area contributed by atoms with E-state index in [9.17, 15) is 0 Å². The molecule has 6 heteroatoms. The van der Waals surface area contributed by atoms with Gasteiger partial charge in [0, 0.05) is 22.4 Å². The Morgan fingerprint density at radius 1 is 1.30 bits per heavy atom. The SMILES string of the molecule is CCOCC.O=[Si]([O-])[O-].[Na+]. The van der Waals surface area contributed by atoms with Crippen LogP contribution in [0.2, 0.25) is 0 Å². The number of ether oxygens (including phenoxy) is 1. The van der Waals surface area contributed by atoms with Gasteiger partial charge in [-0.25, -0.2) is 0 Å². The topological polar surface area (TPSA) is 72.4 Å². The van der Waals surface area contributed by atoms with Crippen molar-refractivity contribution in [3.8, 4) is 0 Å². The van der Waals surface area contributed by atoms with E-state index in [1.807, 2.05) is 13.8 Å². The van der Waals surface area contributed by atoms with Crippen molar-refractivity contribution in [3.05, 3.63) is 0 Å². The Kier molecular flexibility index (Phi) is 27.5. The van der Waals surface area contributed by atoms with Crippen molar-refractivity contribution < 1.29 is 48.3 Å². The third-order valence-electron chi connectivity index (χ3n) is 0.408. The fourth-order valence-electron chi connectivity index (χ4n) is 0.204. The Labute approximate surface area is 84.4 Å². The van der Waals surface area contributed by atoms with Gasteiger partial charge in [0.1, 0.15) is 0 Å². The minimum Gasteiger partial charge on any atom is -0.672 e. The van der Waals surface area contributed by atoms with E-state index in [0.717, 1.165) is 13.2 Å². The summed E-state index contributed by atoms with van der Waals surface area (Å²) in [5.74, 6) is 0. The summed E-state index contributed by atoms with van der Waals surface area (Å²) in [4.78, 5) is 17.0. The fraction of sp³-hybridized carbons (Fsp3) is 1.00. The molecule has 0 aromatic heterocycles. The smallest absolute Gasteiger partial charge is 0.672 e. The molecule has 0 fully saturated rings. The molecule has 0 atom stereocenters. The summed E-state index contributed by atoms with van der Waals surface area (Å²) in [6, 6.07) is 0. The van der Waals surface area contributed by atoms with Crippen LogP contribution in [0.25, 0.3) is 0 Å². The maximum Gasteiger partial charge on any atom is 1.00 e. The molecule has 0 saturated carbocycles. The average Bonchev–Trinajstić information content (AvgIpc) is 1.66. The second-order valence-electron chi connectivity index (χ2n) is 1.03. The molecule has 0 spiro atoms. The van der Waals surface area contributed by atoms with Crippen LogP contribution in [0.5, 0.6) is 0 Å². The summed E-state index contributed by atoms with van der Waals surface area (Å²) < 4.78 is 13.4. The standard InChI is InChI=1S/C4H10O.Na.O3Si/c1-3-5-4-2;;1-4(2)3/h3-4H2,1-2H3;;/q;+1;-2. The Hall–Kier alpha value is 0.577. The van der Waals surface area contributed by atoms with Gasteiger partial charge in [-0.15, -0.1) is 0 Å². The van der Waals surface area contributed by atoms with Crippen molar-refractivity contribution in [2.75, 3.05) is 13.2 Å². The van der Waals surface area contributed by atoms with Crippen molar-refractivity contribution in [2.45, 2.75) is 13.8 Å². The average molecular weight is 173 g/mol. The Morgan fingerprint density at radius 2 is 1.50 bits per heavy atom. The molecule has 10 heavy (non-hydrogen) atoms. The normalized spacial score (nSPS) is 6.60. The van der Waals surface area contributed by atoms with Crippen LogP contribution in [0.15, 0.2) is 0 Å². The van der Waals surface area contributed by atoms with Gasteiger partial charge in [0.15, 0.2) is 0 Å². The maximum absolute atomic E-state index is 8.52. The molecule has 0 aliphatic heterocycles. The predicted octanol–water partition coefficient (Wildman–Crippen LogP) is -4.83. The van der Waals surface area contributed by atoms with Crippen molar-refractivity contribution in [3.63, 3.8) is 0 Å². The van der Waals surface area contributed by atoms with Crippen molar-refractivity contribution in [1.29, 1.82) is 0 Å². The van der Waals surface area contributed by atoms with Crippen LogP contribution in [0.4, 0.5) is 0 Å². The molecule has 0 heterocycles. The molecule has 0 aromatic rings. The minimum atomic E-state index is -3.63. The molecule has 0 radical (unpaired) electrons. The second-order valence-corrected chi connectivity index (χ2v) is 1.53. The first-order valence-electron chi connectivity index (χ1n) is 2.60. The van der Waals surface area contributed by atoms with E-state index in [1.165, 1.54) is 0 Å². The number of hydrogen-bond acceptors (Lipinski definition) is 4. The second kappa shape index (κ2) is 16.3. The molecule has 56 valence electrons. The Balaban J connectivity index is -0.0000000910. The Morgan fingerprint density at radius 3 is 1.50 bits per heavy atom. The van der Waals surface area contributed by atoms with E-state index in [1.54, 1.807) is 0 Å². The third kappa shape index (κ3) is 74.2. The van der Waals surface area contributed by atoms with Gasteiger partial charge in [0.25, 0.3) is 0 Å². The van der Waals surface area contributed by atoms with E-state index in [2.05, 4.69) is 0 Å². The summed E-state index contributed by atoms with van der Waals surface area (Å²) >= 11 is 0. The van der Waals surface area contributed by atoms with Gasteiger partial charge in [0.05, 0.1) is 0 Å². The van der Waals surface area contributed by atoms with Crippen molar-refractivity contribution in [1.82, 2.24) is 0 Å². The van der Waals surface area contributed by atoms with Crippen LogP contribution in [-0.2, 0) is 9.20 Å². The van der Waals surface area contributed by atoms with Crippen LogP contribution >= 0.6 is 0 Å². The molecular formula is C4H10NaO4Si-. The molecule has 0 bridgehead atoms. The summed E-state index contributed by atoms with van der Waals surface area (Å²) in [6.45, 7) is 5.67. The molecule has 0 N–H and O–H groups in total. The molecule has 0 unspecified atom stereocenters. The van der Waals surface area contributed by atoms with Crippen LogP contribution in [0, 0.1) is 0 Å². The van der Waals surface area contributed by atoms with Crippen LogP contribution < -0.4 is 39.1 Å². The van der Waals surface area contributed by atoms with Crippen molar-refractivity contribution in [2.24, 2.45) is 0 Å². The largest absolute Gasteiger partial charge is 1.00 e. The molecule has 0 aliphatic rings. The van der Waals surface area contributed by atoms with E-state index in [4.69, 9.17) is 18.8 Å². The molecule has 0 saturated heterocycles. The first-order chi connectivity index (χ1) is 4.15. The van der Waals surface area contributed by atoms with Gasteiger partial charge in [0.2, 0.25) is 0 Å². The molecule has 0 rings (SSSR count). The molecule has 0 amide bonds. The maximum atomic E-state index is 8.52. The minimum absolute atomic E-state index is 0. The van der Waals surface area contributed by atoms with Gasteiger partial charge in [-0.2, -0.15) is 0 Å². The van der Waals surface area contributed by atoms with E-state index < -0.39 is 9.17 Å². The molecule has 4 nitrogen and oxygen atoms in total. The van der Waals surface area contributed by atoms with Crippen LogP contribution in [0.1, 0.15) is 13.8 Å². The monoisotopic (exact) mass is 173 g/mol. The summed E-state index contributed by atoms with van der Waals surface area (Å²) in [5, 5.41) is 0. The third-order valence-corrected chi connectivity index (χ3v) is 0.408. The number of rotatable bonds is 2. The first kappa shape index (κ1) is 16.9. The summed E-state index contributed by atoms with van der Waals surface area (Å²) in [7, 11) is -3.63. The van der Waals surface area contributed by atoms with E-state index >= 15 is 0 Å². The zero-order valence-electron chi connectivity index (χ0n) is 6.55. The van der Waals surface area contributed by atoms with Crippen LogP contribution in [-0.4, -0.2) is 22.4 Å². The van der Waals surface area contributed by atoms with Crippen molar-refractivity contribution >= 4 is 9.17 Å². The van der Waals surface area contributed by atoms with Crippen LogP contribution in [0.3, 0.4) is 0 Å². The zero-order valence-corrected chi connectivity index (χ0v) is 9.55. The first-order valence-corrected chi connectivity index (χ1v) is 3.83. The summed E-state index contributed by atoms with van der Waals surface area (Å²) in [6.07, 6.45) is 0. The zero-order chi connectivity index (χ0) is 7.70. The Bertz CT molecular complexity index is 64.3. The fourth-order valence-corrected chi connectivity index (χ4v) is 0.204. The van der Waals surface area contributed by atoms with Gasteiger partial charge in [-0.05, 0) is 13.8 Å².